The summed E-state index contributed by atoms with van der Waals surface area (Å²) in [5.41, 5.74) is 5.32. The molecule has 2 aromatic rings. The highest BCUT2D eigenvalue weighted by molar-refractivity contribution is 7.99. The zero-order chi connectivity index (χ0) is 23.1. The summed E-state index contributed by atoms with van der Waals surface area (Å²) < 4.78 is 58.0. The van der Waals surface area contributed by atoms with Crippen LogP contribution < -0.4 is 10.6 Å². The molecule has 0 bridgehead atoms. The molecule has 2 fully saturated rings. The zero-order valence-electron chi connectivity index (χ0n) is 17.6. The number of pyridine rings is 1. The molecule has 12 heteroatoms. The highest BCUT2D eigenvalue weighted by atomic mass is 32.2. The van der Waals surface area contributed by atoms with Gasteiger partial charge in [0.1, 0.15) is 11.3 Å². The maximum atomic E-state index is 13.3. The molecular weight excluding hydrogens is 463 g/mol. The molecule has 3 atom stereocenters. The summed E-state index contributed by atoms with van der Waals surface area (Å²) in [5, 5.41) is 0.481. The lowest BCUT2D eigenvalue weighted by Gasteiger charge is -2.41. The largest absolute Gasteiger partial charge is 0.610 e. The van der Waals surface area contributed by atoms with Gasteiger partial charge in [-0.2, -0.15) is 18.2 Å². The Morgan fingerprint density at radius 3 is 2.62 bits per heavy atom. The predicted octanol–water partition coefficient (Wildman–Crippen LogP) is 3.11. The van der Waals surface area contributed by atoms with Gasteiger partial charge in [-0.3, -0.25) is 4.98 Å². The lowest BCUT2D eigenvalue weighted by atomic mass is 9.73. The molecule has 1 unspecified atom stereocenters. The van der Waals surface area contributed by atoms with Gasteiger partial charge in [0, 0.05) is 46.8 Å². The van der Waals surface area contributed by atoms with Gasteiger partial charge in [0.05, 0.1) is 18.9 Å². The molecule has 0 amide bonds. The third kappa shape index (κ3) is 4.56. The van der Waals surface area contributed by atoms with E-state index in [0.29, 0.717) is 25.5 Å². The Morgan fingerprint density at radius 1 is 1.31 bits per heavy atom. The number of hydrogen-bond acceptors (Lipinski definition) is 8. The molecule has 0 aliphatic carbocycles. The van der Waals surface area contributed by atoms with Crippen LogP contribution in [0.15, 0.2) is 39.5 Å². The van der Waals surface area contributed by atoms with Crippen LogP contribution >= 0.6 is 11.8 Å². The first-order chi connectivity index (χ1) is 15.1. The first-order valence-corrected chi connectivity index (χ1v) is 12.5. The van der Waals surface area contributed by atoms with Gasteiger partial charge in [-0.15, -0.1) is 0 Å². The first kappa shape index (κ1) is 23.6. The van der Waals surface area contributed by atoms with Gasteiger partial charge in [0.15, 0.2) is 5.69 Å². The van der Waals surface area contributed by atoms with Crippen molar-refractivity contribution in [3.05, 3.63) is 30.2 Å². The second-order valence-electron chi connectivity index (χ2n) is 8.13. The van der Waals surface area contributed by atoms with Gasteiger partial charge in [0.2, 0.25) is 5.82 Å². The number of nitrogens with zero attached hydrogens (tertiary/aromatic N) is 4. The molecule has 0 radical (unpaired) electrons. The summed E-state index contributed by atoms with van der Waals surface area (Å²) >= 11 is -0.670. The van der Waals surface area contributed by atoms with Crippen LogP contribution in [0.25, 0.3) is 0 Å². The molecule has 4 rings (SSSR count). The number of piperidine rings is 1. The van der Waals surface area contributed by atoms with Crippen LogP contribution in [0.4, 0.5) is 19.0 Å². The smallest absolute Gasteiger partial charge is 0.434 e. The SMILES string of the molecule is C[C@@H]1OCC2(CCN(c3ncc(Sc4cccnc4C(F)(F)F)nc3[S+](C)[O-])CC2)[C@@H]1N. The van der Waals surface area contributed by atoms with Gasteiger partial charge >= 0.3 is 6.18 Å². The fraction of sp³-hybridized carbons (Fsp3) is 0.550. The van der Waals surface area contributed by atoms with Crippen LogP contribution in [0.2, 0.25) is 0 Å². The number of hydrogen-bond donors (Lipinski definition) is 1. The minimum atomic E-state index is -4.58. The second kappa shape index (κ2) is 8.98. The van der Waals surface area contributed by atoms with Crippen LogP contribution in [-0.2, 0) is 22.1 Å². The van der Waals surface area contributed by atoms with Gasteiger partial charge in [-0.1, -0.05) is 11.8 Å². The van der Waals surface area contributed by atoms with Crippen molar-refractivity contribution >= 4 is 28.8 Å². The predicted molar refractivity (Wildman–Crippen MR) is 115 cm³/mol. The van der Waals surface area contributed by atoms with Gasteiger partial charge < -0.3 is 19.9 Å². The molecular formula is C20H24F3N5O2S2. The Bertz CT molecular complexity index is 970. The molecule has 1 spiro atoms. The molecule has 0 saturated carbocycles. The van der Waals surface area contributed by atoms with E-state index in [4.69, 9.17) is 10.5 Å². The third-order valence-electron chi connectivity index (χ3n) is 6.13. The molecule has 2 aliphatic rings. The minimum absolute atomic E-state index is 0.0189. The highest BCUT2D eigenvalue weighted by Crippen LogP contribution is 2.43. The summed E-state index contributed by atoms with van der Waals surface area (Å²) in [4.78, 5) is 14.2. The lowest BCUT2D eigenvalue weighted by molar-refractivity contribution is -0.143. The van der Waals surface area contributed by atoms with Crippen molar-refractivity contribution in [2.45, 2.75) is 53.0 Å². The van der Waals surface area contributed by atoms with Crippen LogP contribution in [0, 0.1) is 5.41 Å². The fourth-order valence-electron chi connectivity index (χ4n) is 4.24. The van der Waals surface area contributed by atoms with Crippen LogP contribution in [0.5, 0.6) is 0 Å². The number of anilines is 1. The average Bonchev–Trinajstić information content (AvgIpc) is 3.02. The monoisotopic (exact) mass is 487 g/mol. The van der Waals surface area contributed by atoms with E-state index in [9.17, 15) is 17.7 Å². The molecule has 32 heavy (non-hydrogen) atoms. The van der Waals surface area contributed by atoms with E-state index in [0.717, 1.165) is 30.8 Å². The summed E-state index contributed by atoms with van der Waals surface area (Å²) in [7, 11) is 0. The summed E-state index contributed by atoms with van der Waals surface area (Å²) in [6.07, 6.45) is 1.07. The fourth-order valence-corrected chi connectivity index (χ4v) is 5.85. The summed E-state index contributed by atoms with van der Waals surface area (Å²) in [5.74, 6) is 0.493. The van der Waals surface area contributed by atoms with Crippen LogP contribution in [-0.4, -0.2) is 57.6 Å². The Morgan fingerprint density at radius 2 is 2.03 bits per heavy atom. The van der Waals surface area contributed by atoms with E-state index in [-0.39, 0.29) is 32.5 Å². The zero-order valence-corrected chi connectivity index (χ0v) is 19.3. The second-order valence-corrected chi connectivity index (χ2v) is 10.5. The van der Waals surface area contributed by atoms with Crippen molar-refractivity contribution in [1.82, 2.24) is 15.0 Å². The van der Waals surface area contributed by atoms with Crippen molar-refractivity contribution in [2.75, 3.05) is 30.9 Å². The van der Waals surface area contributed by atoms with E-state index in [2.05, 4.69) is 15.0 Å². The number of aromatic nitrogens is 3. The van der Waals surface area contributed by atoms with E-state index in [1.807, 2.05) is 11.8 Å². The minimum Gasteiger partial charge on any atom is -0.610 e. The molecule has 2 aromatic heterocycles. The number of nitrogens with two attached hydrogens (primary N) is 1. The van der Waals surface area contributed by atoms with E-state index in [1.165, 1.54) is 24.6 Å². The van der Waals surface area contributed by atoms with Crippen molar-refractivity contribution in [2.24, 2.45) is 11.1 Å². The van der Waals surface area contributed by atoms with Crippen molar-refractivity contribution in [1.29, 1.82) is 0 Å². The summed E-state index contributed by atoms with van der Waals surface area (Å²) in [6.45, 7) is 3.94. The molecule has 2 saturated heterocycles. The lowest BCUT2D eigenvalue weighted by Crippen LogP contribution is -2.51. The molecule has 2 aliphatic heterocycles. The standard InChI is InChI=1S/C20H24F3N5O2S2/c1-12-15(24)19(11-30-12)5-8-28(9-6-19)17-18(32(2)29)27-14(10-26-17)31-13-4-3-7-25-16(13)20(21,22)23/h3-4,7,10,12,15H,5-6,8-9,11,24H2,1-2H3/t12-,15+,32?/m0/s1. The number of halogens is 3. The van der Waals surface area contributed by atoms with Crippen molar-refractivity contribution in [3.8, 4) is 0 Å². The third-order valence-corrected chi connectivity index (χ3v) is 7.91. The molecule has 2 N–H and O–H groups in total. The van der Waals surface area contributed by atoms with Crippen LogP contribution in [0.1, 0.15) is 25.5 Å². The Kier molecular flexibility index (Phi) is 6.61. The Balaban J connectivity index is 1.55. The van der Waals surface area contributed by atoms with Gasteiger partial charge in [-0.05, 0) is 31.9 Å². The number of alkyl halides is 3. The number of rotatable bonds is 4. The molecule has 7 nitrogen and oxygen atoms in total. The van der Waals surface area contributed by atoms with Gasteiger partial charge in [0.25, 0.3) is 5.03 Å². The molecule has 0 aromatic carbocycles. The topological polar surface area (TPSA) is 100 Å². The van der Waals surface area contributed by atoms with E-state index >= 15 is 0 Å². The van der Waals surface area contributed by atoms with Crippen molar-refractivity contribution < 1.29 is 22.5 Å². The normalized spacial score (nSPS) is 24.2. The first-order valence-electron chi connectivity index (χ1n) is 10.1. The summed E-state index contributed by atoms with van der Waals surface area (Å²) in [6, 6.07) is 2.73. The molecule has 4 heterocycles. The van der Waals surface area contributed by atoms with Crippen LogP contribution in [0.3, 0.4) is 0 Å². The van der Waals surface area contributed by atoms with E-state index < -0.39 is 23.0 Å². The highest BCUT2D eigenvalue weighted by Gasteiger charge is 2.48. The maximum Gasteiger partial charge on any atom is 0.434 e. The van der Waals surface area contributed by atoms with Gasteiger partial charge in [-0.25, -0.2) is 4.98 Å². The van der Waals surface area contributed by atoms with Crippen molar-refractivity contribution in [3.63, 3.8) is 0 Å². The Labute approximate surface area is 191 Å². The van der Waals surface area contributed by atoms with E-state index in [1.54, 1.807) is 0 Å². The average molecular weight is 488 g/mol. The maximum absolute atomic E-state index is 13.3. The number of ether oxygens (including phenoxy) is 1. The molecule has 174 valence electrons. The Hall–Kier alpha value is -1.60. The quantitative estimate of drug-likeness (QED) is 0.657.